The van der Waals surface area contributed by atoms with Gasteiger partial charge in [-0.05, 0) is 34.5 Å². The first-order valence-corrected chi connectivity index (χ1v) is 11.6. The number of amides is 1. The molecular formula is C19H22N4O3S2. The Bertz CT molecular complexity index is 978. The number of fused-ring (bicyclic) bond motifs is 1. The van der Waals surface area contributed by atoms with Crippen LogP contribution < -0.4 is 4.72 Å². The van der Waals surface area contributed by atoms with Crippen LogP contribution in [0.3, 0.4) is 0 Å². The summed E-state index contributed by atoms with van der Waals surface area (Å²) in [5, 5.41) is 4.24. The number of thiophene rings is 1. The number of nitrogens with zero attached hydrogens (tertiary/aromatic N) is 3. The van der Waals surface area contributed by atoms with Crippen LogP contribution in [0.25, 0.3) is 0 Å². The molecule has 0 bridgehead atoms. The van der Waals surface area contributed by atoms with E-state index in [0.29, 0.717) is 11.4 Å². The zero-order chi connectivity index (χ0) is 19.6. The maximum atomic E-state index is 12.5. The van der Waals surface area contributed by atoms with E-state index in [9.17, 15) is 13.2 Å². The summed E-state index contributed by atoms with van der Waals surface area (Å²) in [5.74, 6) is 0.387. The number of rotatable bonds is 5. The Balaban J connectivity index is 1.28. The van der Waals surface area contributed by atoms with Crippen molar-refractivity contribution in [3.8, 4) is 0 Å². The lowest BCUT2D eigenvalue weighted by molar-refractivity contribution is -0.132. The van der Waals surface area contributed by atoms with Gasteiger partial charge in [-0.3, -0.25) is 19.4 Å². The van der Waals surface area contributed by atoms with Crippen LogP contribution in [-0.2, 0) is 21.4 Å². The first-order chi connectivity index (χ1) is 13.5. The third kappa shape index (κ3) is 4.11. The first kappa shape index (κ1) is 19.1. The number of hydrogen-bond acceptors (Lipinski definition) is 6. The lowest BCUT2D eigenvalue weighted by Gasteiger charge is -2.34. The van der Waals surface area contributed by atoms with Crippen LogP contribution in [0.15, 0.2) is 51.0 Å². The molecule has 0 atom stereocenters. The summed E-state index contributed by atoms with van der Waals surface area (Å²) >= 11 is 1.70. The predicted molar refractivity (Wildman–Crippen MR) is 109 cm³/mol. The van der Waals surface area contributed by atoms with Crippen molar-refractivity contribution < 1.29 is 13.2 Å². The van der Waals surface area contributed by atoms with Gasteiger partial charge in [0, 0.05) is 44.7 Å². The highest BCUT2D eigenvalue weighted by atomic mass is 32.2. The van der Waals surface area contributed by atoms with Crippen LogP contribution in [0, 0.1) is 0 Å². The van der Waals surface area contributed by atoms with Gasteiger partial charge in [0.05, 0.1) is 11.4 Å². The molecule has 0 spiro atoms. The number of carbonyl (C=O) groups is 1. The van der Waals surface area contributed by atoms with Crippen LogP contribution in [0.1, 0.15) is 17.5 Å². The molecule has 0 saturated carbocycles. The summed E-state index contributed by atoms with van der Waals surface area (Å²) in [6.45, 7) is 4.36. The van der Waals surface area contributed by atoms with Gasteiger partial charge < -0.3 is 4.90 Å². The van der Waals surface area contributed by atoms with Crippen molar-refractivity contribution in [2.75, 3.05) is 32.7 Å². The Morgan fingerprint density at radius 2 is 1.93 bits per heavy atom. The van der Waals surface area contributed by atoms with Gasteiger partial charge in [-0.1, -0.05) is 12.1 Å². The van der Waals surface area contributed by atoms with Crippen molar-refractivity contribution in [3.63, 3.8) is 0 Å². The molecule has 1 saturated heterocycles. The van der Waals surface area contributed by atoms with Gasteiger partial charge in [0.25, 0.3) is 10.0 Å². The lowest BCUT2D eigenvalue weighted by atomic mass is 10.2. The predicted octanol–water partition coefficient (Wildman–Crippen LogP) is 1.52. The molecule has 148 valence electrons. The van der Waals surface area contributed by atoms with E-state index in [1.165, 1.54) is 5.56 Å². The van der Waals surface area contributed by atoms with Crippen LogP contribution in [0.4, 0.5) is 0 Å². The van der Waals surface area contributed by atoms with E-state index in [0.717, 1.165) is 32.7 Å². The summed E-state index contributed by atoms with van der Waals surface area (Å²) in [7, 11) is -3.53. The van der Waals surface area contributed by atoms with Gasteiger partial charge in [0.2, 0.25) is 5.91 Å². The highest BCUT2D eigenvalue weighted by Crippen LogP contribution is 2.22. The average Bonchev–Trinajstić information content (AvgIpc) is 3.29. The molecule has 0 radical (unpaired) electrons. The molecule has 2 aromatic rings. The smallest absolute Gasteiger partial charge is 0.263 e. The molecule has 0 aliphatic carbocycles. The maximum absolute atomic E-state index is 12.5. The quantitative estimate of drug-likeness (QED) is 0.798. The van der Waals surface area contributed by atoms with Gasteiger partial charge >= 0.3 is 0 Å². The molecular weight excluding hydrogens is 396 g/mol. The van der Waals surface area contributed by atoms with E-state index in [4.69, 9.17) is 0 Å². The second kappa shape index (κ2) is 8.02. The second-order valence-electron chi connectivity index (χ2n) is 6.87. The Hall–Kier alpha value is -2.23. The summed E-state index contributed by atoms with van der Waals surface area (Å²) in [6, 6.07) is 8.87. The molecule has 1 aromatic heterocycles. The minimum atomic E-state index is -3.53. The largest absolute Gasteiger partial charge is 0.340 e. The van der Waals surface area contributed by atoms with E-state index in [1.807, 2.05) is 4.90 Å². The fourth-order valence-electron chi connectivity index (χ4n) is 3.47. The summed E-state index contributed by atoms with van der Waals surface area (Å²) in [6.07, 6.45) is 0.276. The number of hydrogen-bond donors (Lipinski definition) is 1. The van der Waals surface area contributed by atoms with E-state index in [-0.39, 0.29) is 23.8 Å². The highest BCUT2D eigenvalue weighted by Gasteiger charge is 2.30. The molecule has 28 heavy (non-hydrogen) atoms. The van der Waals surface area contributed by atoms with E-state index < -0.39 is 10.0 Å². The molecule has 2 aliphatic heterocycles. The van der Waals surface area contributed by atoms with E-state index >= 15 is 0 Å². The Labute approximate surface area is 168 Å². The number of benzene rings is 1. The topological polar surface area (TPSA) is 82.1 Å². The van der Waals surface area contributed by atoms with E-state index in [1.54, 1.807) is 35.6 Å². The summed E-state index contributed by atoms with van der Waals surface area (Å²) < 4.78 is 26.6. The van der Waals surface area contributed by atoms with Crippen LogP contribution in [0.2, 0.25) is 0 Å². The van der Waals surface area contributed by atoms with Crippen molar-refractivity contribution >= 4 is 33.1 Å². The minimum Gasteiger partial charge on any atom is -0.340 e. The molecule has 1 N–H and O–H groups in total. The Morgan fingerprint density at radius 1 is 1.14 bits per heavy atom. The summed E-state index contributed by atoms with van der Waals surface area (Å²) in [5.41, 5.74) is 1.89. The Kier molecular flexibility index (Phi) is 5.47. The molecule has 0 unspecified atom stereocenters. The number of carbonyl (C=O) groups excluding carboxylic acids is 1. The number of nitrogens with one attached hydrogen (secondary N) is 1. The fourth-order valence-corrected chi connectivity index (χ4v) is 5.38. The van der Waals surface area contributed by atoms with Crippen LogP contribution in [0.5, 0.6) is 0 Å². The molecule has 7 nitrogen and oxygen atoms in total. The maximum Gasteiger partial charge on any atom is 0.263 e. The number of piperazine rings is 1. The number of amidine groups is 1. The molecule has 1 fully saturated rings. The molecule has 2 aliphatic rings. The fraction of sp³-hybridized carbons (Fsp3) is 0.368. The van der Waals surface area contributed by atoms with Gasteiger partial charge in [0.1, 0.15) is 5.84 Å². The summed E-state index contributed by atoms with van der Waals surface area (Å²) in [4.78, 5) is 21.3. The van der Waals surface area contributed by atoms with Gasteiger partial charge in [-0.2, -0.15) is 11.3 Å². The molecule has 9 heteroatoms. The highest BCUT2D eigenvalue weighted by molar-refractivity contribution is 7.90. The standard InChI is InChI=1S/C19H22N4O3S2/c24-18(23-10-8-22(9-11-23)13-15-6-12-27-14-15)5-7-20-19-16-3-1-2-4-17(16)28(25,26)21-19/h1-4,6,12,14H,5,7-11,13H2,(H,20,21). The zero-order valence-corrected chi connectivity index (χ0v) is 17.0. The first-order valence-electron chi connectivity index (χ1n) is 9.21. The van der Waals surface area contributed by atoms with Gasteiger partial charge in [-0.25, -0.2) is 8.42 Å². The average molecular weight is 419 g/mol. The van der Waals surface area contributed by atoms with Crippen molar-refractivity contribution in [3.05, 3.63) is 52.2 Å². The van der Waals surface area contributed by atoms with Crippen LogP contribution in [-0.4, -0.2) is 62.7 Å². The molecule has 4 rings (SSSR count). The SMILES string of the molecule is O=C(CCN=C1NS(=O)(=O)c2ccccc21)N1CCN(Cc2ccsc2)CC1. The lowest BCUT2D eigenvalue weighted by Crippen LogP contribution is -2.48. The Morgan fingerprint density at radius 3 is 2.68 bits per heavy atom. The monoisotopic (exact) mass is 418 g/mol. The molecule has 1 aromatic carbocycles. The number of sulfonamides is 1. The normalized spacial score (nSPS) is 20.1. The van der Waals surface area contributed by atoms with Crippen molar-refractivity contribution in [2.24, 2.45) is 4.99 Å². The van der Waals surface area contributed by atoms with E-state index in [2.05, 4.69) is 31.4 Å². The molecule has 3 heterocycles. The van der Waals surface area contributed by atoms with Crippen LogP contribution >= 0.6 is 11.3 Å². The van der Waals surface area contributed by atoms with Crippen molar-refractivity contribution in [1.82, 2.24) is 14.5 Å². The van der Waals surface area contributed by atoms with Gasteiger partial charge in [0.15, 0.2) is 0 Å². The van der Waals surface area contributed by atoms with Crippen molar-refractivity contribution in [2.45, 2.75) is 17.9 Å². The van der Waals surface area contributed by atoms with Crippen molar-refractivity contribution in [1.29, 1.82) is 0 Å². The third-order valence-electron chi connectivity index (χ3n) is 4.97. The third-order valence-corrected chi connectivity index (χ3v) is 7.10. The zero-order valence-electron chi connectivity index (χ0n) is 15.4. The second-order valence-corrected chi connectivity index (χ2v) is 9.30. The molecule has 1 amide bonds. The minimum absolute atomic E-state index is 0.0636. The number of aliphatic imine (C=N–C) groups is 1. The van der Waals surface area contributed by atoms with Gasteiger partial charge in [-0.15, -0.1) is 0 Å².